The summed E-state index contributed by atoms with van der Waals surface area (Å²) in [6.45, 7) is 9.69. The Morgan fingerprint density at radius 3 is 2.58 bits per heavy atom. The fourth-order valence-electron chi connectivity index (χ4n) is 3.85. The molecule has 0 fully saturated rings. The summed E-state index contributed by atoms with van der Waals surface area (Å²) >= 11 is 0. The second-order valence-corrected chi connectivity index (χ2v) is 7.32. The van der Waals surface area contributed by atoms with Gasteiger partial charge in [-0.25, -0.2) is 4.98 Å². The highest BCUT2D eigenvalue weighted by atomic mass is 16.7. The molecule has 0 spiro atoms. The summed E-state index contributed by atoms with van der Waals surface area (Å²) in [6.07, 6.45) is 7.84. The summed E-state index contributed by atoms with van der Waals surface area (Å²) in [7, 11) is 0. The Kier molecular flexibility index (Phi) is 5.67. The average Bonchev–Trinajstić information content (AvgIpc) is 3.20. The number of carbonyl (C=O) groups is 1. The van der Waals surface area contributed by atoms with E-state index in [0.717, 1.165) is 44.6 Å². The van der Waals surface area contributed by atoms with Crippen molar-refractivity contribution in [2.75, 3.05) is 6.79 Å². The molecule has 0 amide bonds. The predicted molar refractivity (Wildman–Crippen MR) is 122 cm³/mol. The number of fused-ring (bicyclic) bond motifs is 1. The lowest BCUT2D eigenvalue weighted by molar-refractivity contribution is 0.0750. The van der Waals surface area contributed by atoms with E-state index in [9.17, 15) is 4.79 Å². The number of pyridine rings is 2. The zero-order chi connectivity index (χ0) is 22.0. The van der Waals surface area contributed by atoms with Crippen molar-refractivity contribution in [1.29, 1.82) is 0 Å². The van der Waals surface area contributed by atoms with E-state index in [1.54, 1.807) is 25.4 Å². The van der Waals surface area contributed by atoms with Gasteiger partial charge in [0.25, 0.3) is 0 Å². The van der Waals surface area contributed by atoms with Crippen LogP contribution in [0.25, 0.3) is 27.7 Å². The minimum absolute atomic E-state index is 0.0226. The number of carbonyl (C=O) groups excluding carboxylic acids is 1. The molecule has 4 rings (SSSR count). The molecule has 156 valence electrons. The molecule has 0 saturated carbocycles. The van der Waals surface area contributed by atoms with Crippen molar-refractivity contribution < 1.29 is 14.3 Å². The fourth-order valence-corrected chi connectivity index (χ4v) is 3.85. The Balaban J connectivity index is 1.81. The molecular weight excluding hydrogens is 388 g/mol. The van der Waals surface area contributed by atoms with Crippen LogP contribution >= 0.6 is 0 Å². The van der Waals surface area contributed by atoms with Gasteiger partial charge in [-0.15, -0.1) is 0 Å². The van der Waals surface area contributed by atoms with E-state index in [0.29, 0.717) is 17.7 Å². The third kappa shape index (κ3) is 3.87. The van der Waals surface area contributed by atoms with Crippen molar-refractivity contribution in [3.05, 3.63) is 89.7 Å². The standard InChI is InChI=1S/C26H24N2O3/c1-5-18(13-24-17(4)30-15-31-24)19-7-9-20(10-8-19)26-21(6-2)25(16(3)29)22-14-27-12-11-23(22)28-26/h5,7-14H,1,6,15H2,2-4H3/b18-13+. The van der Waals surface area contributed by atoms with Gasteiger partial charge in [0.1, 0.15) is 5.76 Å². The Morgan fingerprint density at radius 1 is 1.19 bits per heavy atom. The Bertz CT molecular complexity index is 1240. The first-order valence-electron chi connectivity index (χ1n) is 10.2. The third-order valence-electron chi connectivity index (χ3n) is 5.43. The zero-order valence-electron chi connectivity index (χ0n) is 17.9. The second-order valence-electron chi connectivity index (χ2n) is 7.32. The Labute approximate surface area is 181 Å². The lowest BCUT2D eigenvalue weighted by atomic mass is 9.93. The van der Waals surface area contributed by atoms with E-state index < -0.39 is 0 Å². The molecule has 0 aliphatic carbocycles. The molecule has 0 bridgehead atoms. The zero-order valence-corrected chi connectivity index (χ0v) is 17.9. The van der Waals surface area contributed by atoms with Crippen molar-refractivity contribution >= 4 is 22.3 Å². The second kappa shape index (κ2) is 8.56. The van der Waals surface area contributed by atoms with E-state index in [1.807, 2.05) is 50.3 Å². The first-order valence-corrected chi connectivity index (χ1v) is 10.2. The third-order valence-corrected chi connectivity index (χ3v) is 5.43. The normalized spacial score (nSPS) is 13.8. The van der Waals surface area contributed by atoms with Crippen molar-refractivity contribution in [2.24, 2.45) is 0 Å². The number of Topliss-reactive ketones (excluding diaryl/α,β-unsaturated/α-hetero) is 1. The van der Waals surface area contributed by atoms with Crippen LogP contribution in [0.1, 0.15) is 42.3 Å². The summed E-state index contributed by atoms with van der Waals surface area (Å²) in [6, 6.07) is 9.95. The molecule has 5 heteroatoms. The van der Waals surface area contributed by atoms with Crippen LogP contribution in [0, 0.1) is 0 Å². The van der Waals surface area contributed by atoms with Crippen LogP contribution in [0.4, 0.5) is 0 Å². The maximum Gasteiger partial charge on any atom is 0.230 e. The molecule has 0 saturated heterocycles. The summed E-state index contributed by atoms with van der Waals surface area (Å²) in [5.41, 5.74) is 6.14. The molecular formula is C26H24N2O3. The number of nitrogens with zero attached hydrogens (tertiary/aromatic N) is 2. The van der Waals surface area contributed by atoms with Gasteiger partial charge in [0.05, 0.1) is 11.2 Å². The van der Waals surface area contributed by atoms with Gasteiger partial charge in [-0.1, -0.05) is 43.8 Å². The lowest BCUT2D eigenvalue weighted by Crippen LogP contribution is -2.05. The number of aromatic nitrogens is 2. The maximum atomic E-state index is 12.5. The first kappa shape index (κ1) is 20.5. The number of allylic oxidation sites excluding steroid dienone is 4. The largest absolute Gasteiger partial charge is 0.458 e. The average molecular weight is 412 g/mol. The lowest BCUT2D eigenvalue weighted by Gasteiger charge is -2.15. The molecule has 0 radical (unpaired) electrons. The molecule has 0 atom stereocenters. The van der Waals surface area contributed by atoms with E-state index >= 15 is 0 Å². The minimum atomic E-state index is 0.0226. The van der Waals surface area contributed by atoms with Crippen molar-refractivity contribution in [3.63, 3.8) is 0 Å². The number of benzene rings is 1. The monoisotopic (exact) mass is 412 g/mol. The van der Waals surface area contributed by atoms with Gasteiger partial charge in [0.2, 0.25) is 6.79 Å². The Morgan fingerprint density at radius 2 is 1.97 bits per heavy atom. The molecule has 5 nitrogen and oxygen atoms in total. The molecule has 1 aliphatic heterocycles. The van der Waals surface area contributed by atoms with Crippen LogP contribution in [0.5, 0.6) is 0 Å². The van der Waals surface area contributed by atoms with Gasteiger partial charge in [0.15, 0.2) is 11.5 Å². The van der Waals surface area contributed by atoms with E-state index in [1.165, 1.54) is 0 Å². The van der Waals surface area contributed by atoms with Crippen LogP contribution in [-0.2, 0) is 15.9 Å². The highest BCUT2D eigenvalue weighted by Crippen LogP contribution is 2.32. The molecule has 0 unspecified atom stereocenters. The summed E-state index contributed by atoms with van der Waals surface area (Å²) < 4.78 is 10.9. The first-order chi connectivity index (χ1) is 15.0. The van der Waals surface area contributed by atoms with E-state index in [2.05, 4.69) is 11.6 Å². The molecule has 3 aromatic rings. The number of ketones is 1. The van der Waals surface area contributed by atoms with Gasteiger partial charge in [-0.05, 0) is 49.1 Å². The van der Waals surface area contributed by atoms with Crippen molar-refractivity contribution in [3.8, 4) is 11.3 Å². The van der Waals surface area contributed by atoms with E-state index in [-0.39, 0.29) is 12.6 Å². The summed E-state index contributed by atoms with van der Waals surface area (Å²) in [5, 5.41) is 0.798. The number of hydrogen-bond donors (Lipinski definition) is 0. The minimum Gasteiger partial charge on any atom is -0.458 e. The highest BCUT2D eigenvalue weighted by molar-refractivity contribution is 6.08. The van der Waals surface area contributed by atoms with Crippen molar-refractivity contribution in [2.45, 2.75) is 27.2 Å². The van der Waals surface area contributed by atoms with Gasteiger partial charge in [-0.2, -0.15) is 0 Å². The number of rotatable bonds is 6. The fraction of sp³-hybridized carbons (Fsp3) is 0.192. The summed E-state index contributed by atoms with van der Waals surface area (Å²) in [5.74, 6) is 1.49. The van der Waals surface area contributed by atoms with Crippen LogP contribution in [0.15, 0.2) is 73.0 Å². The van der Waals surface area contributed by atoms with Gasteiger partial charge in [0, 0.05) is 28.9 Å². The molecule has 1 aliphatic rings. The van der Waals surface area contributed by atoms with Gasteiger partial charge in [-0.3, -0.25) is 9.78 Å². The smallest absolute Gasteiger partial charge is 0.230 e. The number of ether oxygens (including phenoxy) is 2. The highest BCUT2D eigenvalue weighted by Gasteiger charge is 2.18. The SMILES string of the molecule is C=C/C(=C\C1=C(C)OCO1)c1ccc(-c2nc3ccncc3c(C(C)=O)c2CC)cc1. The van der Waals surface area contributed by atoms with Crippen LogP contribution in [-0.4, -0.2) is 22.5 Å². The molecule has 3 heterocycles. The van der Waals surface area contributed by atoms with Gasteiger partial charge < -0.3 is 9.47 Å². The maximum absolute atomic E-state index is 12.5. The molecule has 0 N–H and O–H groups in total. The van der Waals surface area contributed by atoms with Crippen molar-refractivity contribution in [1.82, 2.24) is 9.97 Å². The topological polar surface area (TPSA) is 61.3 Å². The van der Waals surface area contributed by atoms with E-state index in [4.69, 9.17) is 14.5 Å². The van der Waals surface area contributed by atoms with Crippen LogP contribution in [0.3, 0.4) is 0 Å². The van der Waals surface area contributed by atoms with Gasteiger partial charge >= 0.3 is 0 Å². The molecule has 31 heavy (non-hydrogen) atoms. The molecule has 1 aromatic carbocycles. The quantitative estimate of drug-likeness (QED) is 0.374. The molecule has 2 aromatic heterocycles. The summed E-state index contributed by atoms with van der Waals surface area (Å²) in [4.78, 5) is 21.6. The predicted octanol–water partition coefficient (Wildman–Crippen LogP) is 5.87. The Hall–Kier alpha value is -3.73. The van der Waals surface area contributed by atoms with Crippen LogP contribution < -0.4 is 0 Å². The van der Waals surface area contributed by atoms with Crippen LogP contribution in [0.2, 0.25) is 0 Å². The number of hydrogen-bond acceptors (Lipinski definition) is 5.